The standard InChI is InChI=1S/C15H16N4O/c20-15-10-4-3-5-12-14(10)11(8-16-12)13(17-18-15)9-19-6-1-2-7-19/h3-5,8,16H,1-2,6-7,9H2,(H,18,20). The van der Waals surface area contributed by atoms with Gasteiger partial charge in [0.25, 0.3) is 5.91 Å². The van der Waals surface area contributed by atoms with Gasteiger partial charge in [0.1, 0.15) is 0 Å². The van der Waals surface area contributed by atoms with Gasteiger partial charge in [0.2, 0.25) is 0 Å². The van der Waals surface area contributed by atoms with E-state index in [4.69, 9.17) is 0 Å². The monoisotopic (exact) mass is 268 g/mol. The van der Waals surface area contributed by atoms with E-state index < -0.39 is 0 Å². The predicted octanol–water partition coefficient (Wildman–Crippen LogP) is 1.71. The van der Waals surface area contributed by atoms with Crippen LogP contribution >= 0.6 is 0 Å². The zero-order valence-corrected chi connectivity index (χ0v) is 11.1. The van der Waals surface area contributed by atoms with Gasteiger partial charge in [-0.15, -0.1) is 0 Å². The molecule has 1 saturated heterocycles. The van der Waals surface area contributed by atoms with E-state index in [9.17, 15) is 4.79 Å². The van der Waals surface area contributed by atoms with Crippen LogP contribution in [0, 0.1) is 0 Å². The van der Waals surface area contributed by atoms with Gasteiger partial charge < -0.3 is 4.98 Å². The van der Waals surface area contributed by atoms with E-state index >= 15 is 0 Å². The lowest BCUT2D eigenvalue weighted by Crippen LogP contribution is -2.28. The van der Waals surface area contributed by atoms with Crippen molar-refractivity contribution in [2.45, 2.75) is 12.8 Å². The second kappa shape index (κ2) is 4.45. The fourth-order valence-electron chi connectivity index (χ4n) is 3.11. The Kier molecular flexibility index (Phi) is 2.60. The van der Waals surface area contributed by atoms with E-state index in [1.54, 1.807) is 0 Å². The van der Waals surface area contributed by atoms with Gasteiger partial charge in [-0.05, 0) is 38.1 Å². The van der Waals surface area contributed by atoms with Crippen LogP contribution in [0.5, 0.6) is 0 Å². The van der Waals surface area contributed by atoms with Crippen LogP contribution in [0.1, 0.15) is 28.8 Å². The average molecular weight is 268 g/mol. The summed E-state index contributed by atoms with van der Waals surface area (Å²) < 4.78 is 0. The fourth-order valence-corrected chi connectivity index (χ4v) is 3.11. The summed E-state index contributed by atoms with van der Waals surface area (Å²) in [6.07, 6.45) is 4.46. The second-order valence-electron chi connectivity index (χ2n) is 5.41. The Morgan fingerprint density at radius 1 is 1.20 bits per heavy atom. The maximum absolute atomic E-state index is 12.1. The molecule has 102 valence electrons. The highest BCUT2D eigenvalue weighted by atomic mass is 16.2. The summed E-state index contributed by atoms with van der Waals surface area (Å²) in [5, 5.41) is 5.32. The number of aromatic nitrogens is 1. The van der Waals surface area contributed by atoms with E-state index in [2.05, 4.69) is 20.4 Å². The molecule has 5 nitrogen and oxygen atoms in total. The van der Waals surface area contributed by atoms with Gasteiger partial charge >= 0.3 is 0 Å². The van der Waals surface area contributed by atoms with Gasteiger partial charge in [-0.3, -0.25) is 9.69 Å². The number of nitrogens with one attached hydrogen (secondary N) is 2. The molecule has 0 radical (unpaired) electrons. The molecule has 2 aromatic rings. The molecule has 1 aromatic heterocycles. The maximum Gasteiger partial charge on any atom is 0.272 e. The van der Waals surface area contributed by atoms with Crippen LogP contribution in [0.25, 0.3) is 10.9 Å². The number of aromatic amines is 1. The number of amides is 1. The molecule has 0 unspecified atom stereocenters. The van der Waals surface area contributed by atoms with Crippen LogP contribution in [0.4, 0.5) is 0 Å². The third-order valence-electron chi connectivity index (χ3n) is 4.13. The van der Waals surface area contributed by atoms with Crippen molar-refractivity contribution >= 4 is 22.5 Å². The van der Waals surface area contributed by atoms with Gasteiger partial charge in [0.05, 0.1) is 11.3 Å². The van der Waals surface area contributed by atoms with Crippen molar-refractivity contribution < 1.29 is 4.79 Å². The summed E-state index contributed by atoms with van der Waals surface area (Å²) in [6.45, 7) is 3.02. The molecular weight excluding hydrogens is 252 g/mol. The lowest BCUT2D eigenvalue weighted by atomic mass is 10.0. The first kappa shape index (κ1) is 11.7. The third-order valence-corrected chi connectivity index (χ3v) is 4.13. The minimum atomic E-state index is -0.132. The van der Waals surface area contributed by atoms with Crippen molar-refractivity contribution in [3.8, 4) is 0 Å². The van der Waals surface area contributed by atoms with Crippen molar-refractivity contribution in [3.05, 3.63) is 35.5 Å². The number of hydrogen-bond donors (Lipinski definition) is 2. The van der Waals surface area contributed by atoms with E-state index in [0.717, 1.165) is 41.8 Å². The number of nitrogens with zero attached hydrogens (tertiary/aromatic N) is 2. The molecule has 5 heteroatoms. The summed E-state index contributed by atoms with van der Waals surface area (Å²) >= 11 is 0. The maximum atomic E-state index is 12.1. The molecule has 20 heavy (non-hydrogen) atoms. The molecule has 0 saturated carbocycles. The largest absolute Gasteiger partial charge is 0.360 e. The molecule has 4 rings (SSSR count). The molecule has 2 aliphatic heterocycles. The number of carbonyl (C=O) groups excluding carboxylic acids is 1. The lowest BCUT2D eigenvalue weighted by molar-refractivity contribution is 0.0957. The quantitative estimate of drug-likeness (QED) is 0.871. The highest BCUT2D eigenvalue weighted by Crippen LogP contribution is 2.25. The Hall–Kier alpha value is -2.14. The Morgan fingerprint density at radius 3 is 2.90 bits per heavy atom. The van der Waals surface area contributed by atoms with Crippen molar-refractivity contribution in [2.24, 2.45) is 5.10 Å². The van der Waals surface area contributed by atoms with Crippen LogP contribution in [-0.4, -0.2) is 41.1 Å². The Balaban J connectivity index is 1.82. The number of benzene rings is 1. The van der Waals surface area contributed by atoms with Gasteiger partial charge in [-0.1, -0.05) is 6.07 Å². The number of H-pyrrole nitrogens is 1. The molecular formula is C15H16N4O. The van der Waals surface area contributed by atoms with Crippen LogP contribution in [-0.2, 0) is 0 Å². The first-order valence-corrected chi connectivity index (χ1v) is 7.02. The highest BCUT2D eigenvalue weighted by molar-refractivity contribution is 6.19. The first-order chi connectivity index (χ1) is 9.83. The van der Waals surface area contributed by atoms with Gasteiger partial charge in [0.15, 0.2) is 0 Å². The van der Waals surface area contributed by atoms with Crippen molar-refractivity contribution in [2.75, 3.05) is 19.6 Å². The zero-order valence-electron chi connectivity index (χ0n) is 11.1. The minimum absolute atomic E-state index is 0.132. The normalized spacial score (nSPS) is 19.0. The van der Waals surface area contributed by atoms with E-state index in [1.165, 1.54) is 12.8 Å². The number of likely N-dealkylation sites (tertiary alicyclic amines) is 1. The van der Waals surface area contributed by atoms with E-state index in [1.807, 2.05) is 24.4 Å². The summed E-state index contributed by atoms with van der Waals surface area (Å²) in [7, 11) is 0. The smallest absolute Gasteiger partial charge is 0.272 e. The summed E-state index contributed by atoms with van der Waals surface area (Å²) in [6, 6.07) is 5.74. The second-order valence-corrected chi connectivity index (χ2v) is 5.41. The summed E-state index contributed by atoms with van der Waals surface area (Å²) in [5.74, 6) is -0.132. The minimum Gasteiger partial charge on any atom is -0.360 e. The van der Waals surface area contributed by atoms with Gasteiger partial charge in [-0.25, -0.2) is 5.43 Å². The van der Waals surface area contributed by atoms with Crippen LogP contribution < -0.4 is 5.43 Å². The summed E-state index contributed by atoms with van der Waals surface area (Å²) in [4.78, 5) is 17.8. The molecule has 0 atom stereocenters. The number of rotatable bonds is 2. The molecule has 2 N–H and O–H groups in total. The van der Waals surface area contributed by atoms with Crippen molar-refractivity contribution in [1.82, 2.24) is 15.3 Å². The first-order valence-electron chi connectivity index (χ1n) is 7.02. The Bertz CT molecular complexity index is 710. The highest BCUT2D eigenvalue weighted by Gasteiger charge is 2.23. The van der Waals surface area contributed by atoms with Crippen LogP contribution in [0.2, 0.25) is 0 Å². The van der Waals surface area contributed by atoms with Crippen molar-refractivity contribution in [3.63, 3.8) is 0 Å². The molecule has 0 bridgehead atoms. The predicted molar refractivity (Wildman–Crippen MR) is 78.0 cm³/mol. The molecule has 1 aromatic carbocycles. The van der Waals surface area contributed by atoms with Crippen LogP contribution in [0.3, 0.4) is 0 Å². The van der Waals surface area contributed by atoms with Crippen molar-refractivity contribution in [1.29, 1.82) is 0 Å². The number of carbonyl (C=O) groups is 1. The summed E-state index contributed by atoms with van der Waals surface area (Å²) in [5.41, 5.74) is 6.34. The molecule has 1 amide bonds. The van der Waals surface area contributed by atoms with Crippen LogP contribution in [0.15, 0.2) is 29.5 Å². The topological polar surface area (TPSA) is 60.5 Å². The zero-order chi connectivity index (χ0) is 13.5. The lowest BCUT2D eigenvalue weighted by Gasteiger charge is -2.15. The molecule has 0 aliphatic carbocycles. The number of hydrogen-bond acceptors (Lipinski definition) is 3. The van der Waals surface area contributed by atoms with E-state index in [-0.39, 0.29) is 5.91 Å². The fraction of sp³-hybridized carbons (Fsp3) is 0.333. The number of hydrazone groups is 1. The molecule has 0 spiro atoms. The third kappa shape index (κ3) is 1.74. The van der Waals surface area contributed by atoms with Gasteiger partial charge in [-0.2, -0.15) is 5.10 Å². The molecule has 2 aliphatic rings. The Labute approximate surface area is 116 Å². The van der Waals surface area contributed by atoms with E-state index in [0.29, 0.717) is 5.56 Å². The van der Waals surface area contributed by atoms with Gasteiger partial charge in [0, 0.05) is 29.2 Å². The Morgan fingerprint density at radius 2 is 2.05 bits per heavy atom. The molecule has 1 fully saturated rings. The molecule has 3 heterocycles. The SMILES string of the molecule is O=C1NN=C(CN2CCCC2)c2c[nH]c3cccc1c23. The average Bonchev–Trinajstić information content (AvgIpc) is 3.08.